The number of carbonyl (C=O) groups is 1. The number of nitrogens with zero attached hydrogens (tertiary/aromatic N) is 1. The molecule has 0 saturated heterocycles. The molecule has 1 amide bonds. The maximum Gasteiger partial charge on any atom is 0.287 e. The molecule has 0 spiro atoms. The van der Waals surface area contributed by atoms with Crippen molar-refractivity contribution in [2.45, 2.75) is 6.61 Å². The number of H-pyrrole nitrogens is 1. The van der Waals surface area contributed by atoms with Crippen molar-refractivity contribution >= 4 is 34.6 Å². The number of aromatic amines is 1. The second-order valence-electron chi connectivity index (χ2n) is 6.46. The number of carbonyl (C=O) groups excluding carboxylic acids is 1. The third kappa shape index (κ3) is 4.83. The van der Waals surface area contributed by atoms with Gasteiger partial charge >= 0.3 is 0 Å². The summed E-state index contributed by atoms with van der Waals surface area (Å²) in [4.78, 5) is 15.4. The van der Waals surface area contributed by atoms with Crippen LogP contribution in [0.3, 0.4) is 0 Å². The third-order valence-corrected chi connectivity index (χ3v) is 4.59. The quantitative estimate of drug-likeness (QED) is 0.344. The summed E-state index contributed by atoms with van der Waals surface area (Å²) in [6, 6.07) is 24.6. The van der Waals surface area contributed by atoms with Gasteiger partial charge in [0, 0.05) is 15.9 Å². The van der Waals surface area contributed by atoms with E-state index < -0.39 is 0 Å². The second-order valence-corrected chi connectivity index (χ2v) is 6.89. The Balaban J connectivity index is 1.41. The standard InChI is InChI=1S/C23H18ClN3O2/c24-19-8-6-16(7-9-19)14-25-27-23(28)22-13-18-12-20(10-11-21(18)26-22)29-15-17-4-2-1-3-5-17/h1-14,26H,15H2,(H,27,28)/b25-14-. The normalized spacial score (nSPS) is 11.1. The minimum Gasteiger partial charge on any atom is -0.489 e. The maximum absolute atomic E-state index is 12.3. The Hall–Kier alpha value is -3.57. The average molecular weight is 404 g/mol. The molecule has 0 unspecified atom stereocenters. The van der Waals surface area contributed by atoms with Gasteiger partial charge < -0.3 is 9.72 Å². The van der Waals surface area contributed by atoms with E-state index in [0.29, 0.717) is 17.3 Å². The Labute approximate surface area is 173 Å². The summed E-state index contributed by atoms with van der Waals surface area (Å²) in [5, 5.41) is 5.53. The molecule has 1 heterocycles. The van der Waals surface area contributed by atoms with Gasteiger partial charge in [0.25, 0.3) is 5.91 Å². The third-order valence-electron chi connectivity index (χ3n) is 4.33. The fraction of sp³-hybridized carbons (Fsp3) is 0.0435. The Morgan fingerprint density at radius 3 is 2.62 bits per heavy atom. The summed E-state index contributed by atoms with van der Waals surface area (Å²) in [7, 11) is 0. The van der Waals surface area contributed by atoms with Crippen molar-refractivity contribution in [3.05, 3.63) is 101 Å². The summed E-state index contributed by atoms with van der Waals surface area (Å²) in [5.41, 5.74) is 5.73. The molecular formula is C23H18ClN3O2. The molecule has 4 rings (SSSR count). The van der Waals surface area contributed by atoms with Crippen LogP contribution in [0.2, 0.25) is 5.02 Å². The molecule has 0 fully saturated rings. The lowest BCUT2D eigenvalue weighted by Gasteiger charge is -2.06. The van der Waals surface area contributed by atoms with Gasteiger partial charge in [0.1, 0.15) is 18.1 Å². The Kier molecular flexibility index (Phi) is 5.59. The molecule has 2 N–H and O–H groups in total. The smallest absolute Gasteiger partial charge is 0.287 e. The summed E-state index contributed by atoms with van der Waals surface area (Å²) in [6.45, 7) is 0.490. The fourth-order valence-corrected chi connectivity index (χ4v) is 2.96. The van der Waals surface area contributed by atoms with Gasteiger partial charge in [-0.05, 0) is 47.5 Å². The monoisotopic (exact) mass is 403 g/mol. The zero-order valence-corrected chi connectivity index (χ0v) is 16.2. The number of hydrogen-bond acceptors (Lipinski definition) is 3. The van der Waals surface area contributed by atoms with Crippen LogP contribution in [-0.4, -0.2) is 17.1 Å². The lowest BCUT2D eigenvalue weighted by molar-refractivity contribution is 0.0951. The lowest BCUT2D eigenvalue weighted by atomic mass is 10.2. The molecule has 144 valence electrons. The van der Waals surface area contributed by atoms with Crippen LogP contribution >= 0.6 is 11.6 Å². The molecule has 0 aliphatic heterocycles. The van der Waals surface area contributed by atoms with E-state index in [-0.39, 0.29) is 5.91 Å². The number of benzene rings is 3. The first-order chi connectivity index (χ1) is 14.2. The molecule has 0 saturated carbocycles. The Bertz CT molecular complexity index is 1150. The van der Waals surface area contributed by atoms with E-state index in [1.165, 1.54) is 0 Å². The van der Waals surface area contributed by atoms with Crippen LogP contribution in [0.15, 0.2) is 84.0 Å². The molecule has 3 aromatic carbocycles. The molecule has 0 atom stereocenters. The first kappa shape index (κ1) is 18.8. The maximum atomic E-state index is 12.3. The van der Waals surface area contributed by atoms with Crippen LogP contribution in [0.5, 0.6) is 5.75 Å². The summed E-state index contributed by atoms with van der Waals surface area (Å²) >= 11 is 5.85. The van der Waals surface area contributed by atoms with Crippen LogP contribution in [0.25, 0.3) is 10.9 Å². The van der Waals surface area contributed by atoms with E-state index in [1.54, 1.807) is 24.4 Å². The summed E-state index contributed by atoms with van der Waals surface area (Å²) in [6.07, 6.45) is 1.56. The van der Waals surface area contributed by atoms with Crippen LogP contribution in [-0.2, 0) is 6.61 Å². The Morgan fingerprint density at radius 2 is 1.83 bits per heavy atom. The Morgan fingerprint density at radius 1 is 1.03 bits per heavy atom. The first-order valence-electron chi connectivity index (χ1n) is 9.06. The highest BCUT2D eigenvalue weighted by molar-refractivity contribution is 6.30. The predicted octanol–water partition coefficient (Wildman–Crippen LogP) is 5.16. The van der Waals surface area contributed by atoms with E-state index in [0.717, 1.165) is 27.8 Å². The van der Waals surface area contributed by atoms with Crippen LogP contribution < -0.4 is 10.2 Å². The van der Waals surface area contributed by atoms with Crippen molar-refractivity contribution in [3.8, 4) is 5.75 Å². The summed E-state index contributed by atoms with van der Waals surface area (Å²) in [5.74, 6) is 0.422. The molecule has 0 aliphatic rings. The number of hydrazone groups is 1. The number of rotatable bonds is 6. The predicted molar refractivity (Wildman–Crippen MR) is 116 cm³/mol. The zero-order valence-electron chi connectivity index (χ0n) is 15.4. The van der Waals surface area contributed by atoms with Gasteiger partial charge in [0.15, 0.2) is 0 Å². The number of hydrogen-bond donors (Lipinski definition) is 2. The lowest BCUT2D eigenvalue weighted by Crippen LogP contribution is -2.17. The van der Waals surface area contributed by atoms with Crippen molar-refractivity contribution in [2.75, 3.05) is 0 Å². The highest BCUT2D eigenvalue weighted by Gasteiger charge is 2.09. The van der Waals surface area contributed by atoms with E-state index in [4.69, 9.17) is 16.3 Å². The number of halogens is 1. The highest BCUT2D eigenvalue weighted by atomic mass is 35.5. The molecule has 5 nitrogen and oxygen atoms in total. The van der Waals surface area contributed by atoms with Crippen LogP contribution in [0.1, 0.15) is 21.6 Å². The van der Waals surface area contributed by atoms with Gasteiger partial charge in [-0.25, -0.2) is 5.43 Å². The largest absolute Gasteiger partial charge is 0.489 e. The van der Waals surface area contributed by atoms with E-state index >= 15 is 0 Å². The van der Waals surface area contributed by atoms with E-state index in [2.05, 4.69) is 15.5 Å². The zero-order chi connectivity index (χ0) is 20.1. The number of ether oxygens (including phenoxy) is 1. The minimum absolute atomic E-state index is 0.321. The van der Waals surface area contributed by atoms with Crippen molar-refractivity contribution in [3.63, 3.8) is 0 Å². The number of aromatic nitrogens is 1. The molecule has 1 aromatic heterocycles. The van der Waals surface area contributed by atoms with Gasteiger partial charge in [-0.3, -0.25) is 4.79 Å². The average Bonchev–Trinajstić information content (AvgIpc) is 3.18. The fourth-order valence-electron chi connectivity index (χ4n) is 2.84. The summed E-state index contributed by atoms with van der Waals surface area (Å²) < 4.78 is 5.84. The molecule has 0 bridgehead atoms. The van der Waals surface area contributed by atoms with Crippen LogP contribution in [0.4, 0.5) is 0 Å². The SMILES string of the molecule is O=C(N/N=C\c1ccc(Cl)cc1)c1cc2cc(OCc3ccccc3)ccc2[nH]1. The second kappa shape index (κ2) is 8.63. The molecule has 6 heteroatoms. The van der Waals surface area contributed by atoms with Gasteiger partial charge in [-0.1, -0.05) is 54.1 Å². The minimum atomic E-state index is -0.321. The van der Waals surface area contributed by atoms with Crippen molar-refractivity contribution < 1.29 is 9.53 Å². The molecule has 29 heavy (non-hydrogen) atoms. The first-order valence-corrected chi connectivity index (χ1v) is 9.44. The van der Waals surface area contributed by atoms with Crippen LogP contribution in [0, 0.1) is 0 Å². The number of fused-ring (bicyclic) bond motifs is 1. The van der Waals surface area contributed by atoms with Gasteiger partial charge in [0.05, 0.1) is 6.21 Å². The number of nitrogens with one attached hydrogen (secondary N) is 2. The van der Waals surface area contributed by atoms with E-state index in [9.17, 15) is 4.79 Å². The molecule has 4 aromatic rings. The topological polar surface area (TPSA) is 66.5 Å². The van der Waals surface area contributed by atoms with E-state index in [1.807, 2.05) is 60.7 Å². The highest BCUT2D eigenvalue weighted by Crippen LogP contribution is 2.22. The van der Waals surface area contributed by atoms with Crippen molar-refractivity contribution in [1.29, 1.82) is 0 Å². The van der Waals surface area contributed by atoms with Gasteiger partial charge in [-0.2, -0.15) is 5.10 Å². The number of amides is 1. The van der Waals surface area contributed by atoms with Crippen molar-refractivity contribution in [1.82, 2.24) is 10.4 Å². The van der Waals surface area contributed by atoms with Gasteiger partial charge in [0.2, 0.25) is 0 Å². The molecule has 0 radical (unpaired) electrons. The van der Waals surface area contributed by atoms with Crippen molar-refractivity contribution in [2.24, 2.45) is 5.10 Å². The molecule has 0 aliphatic carbocycles. The molecular weight excluding hydrogens is 386 g/mol. The van der Waals surface area contributed by atoms with Gasteiger partial charge in [-0.15, -0.1) is 0 Å².